The Balaban J connectivity index is 1.36. The molecule has 0 unspecified atom stereocenters. The van der Waals surface area contributed by atoms with Crippen molar-refractivity contribution in [1.29, 1.82) is 0 Å². The van der Waals surface area contributed by atoms with Gasteiger partial charge in [0.25, 0.3) is 5.91 Å². The van der Waals surface area contributed by atoms with Crippen molar-refractivity contribution < 1.29 is 27.2 Å². The van der Waals surface area contributed by atoms with Crippen LogP contribution in [0.4, 0.5) is 18.9 Å². The molecule has 4 heterocycles. The van der Waals surface area contributed by atoms with Gasteiger partial charge in [-0.05, 0) is 68.2 Å². The maximum Gasteiger partial charge on any atom is 0.416 e. The zero-order valence-electron chi connectivity index (χ0n) is 20.1. The molecule has 2 atom stereocenters. The van der Waals surface area contributed by atoms with Gasteiger partial charge >= 0.3 is 6.18 Å². The van der Waals surface area contributed by atoms with E-state index >= 15 is 0 Å². The number of fused-ring (bicyclic) bond motifs is 3. The second-order valence-corrected chi connectivity index (χ2v) is 9.83. The van der Waals surface area contributed by atoms with Gasteiger partial charge in [0.1, 0.15) is 0 Å². The Morgan fingerprint density at radius 3 is 2.58 bits per heavy atom. The van der Waals surface area contributed by atoms with Gasteiger partial charge in [-0.15, -0.1) is 0 Å². The van der Waals surface area contributed by atoms with E-state index in [4.69, 9.17) is 4.42 Å². The van der Waals surface area contributed by atoms with Crippen molar-refractivity contribution in [2.45, 2.75) is 37.9 Å². The fourth-order valence-electron chi connectivity index (χ4n) is 5.69. The molecule has 0 bridgehead atoms. The molecule has 5 rings (SSSR count). The quantitative estimate of drug-likeness (QED) is 0.676. The summed E-state index contributed by atoms with van der Waals surface area (Å²) in [6.07, 6.45) is 0.730. The van der Waals surface area contributed by atoms with E-state index in [1.54, 1.807) is 17.0 Å². The molecule has 36 heavy (non-hydrogen) atoms. The SMILES string of the molecule is O=C(NCCN1CCCCC1)[C@@H]1Cc2cc(C(F)(F)F)ccc2N2CCN(C(=O)c3ccco3)C[C@@H]12. The molecule has 1 aromatic carbocycles. The number of anilines is 1. The lowest BCUT2D eigenvalue weighted by atomic mass is 9.82. The minimum Gasteiger partial charge on any atom is -0.459 e. The molecular formula is C26H31F3N4O3. The third-order valence-electron chi connectivity index (χ3n) is 7.57. The van der Waals surface area contributed by atoms with Crippen LogP contribution in [0.15, 0.2) is 41.0 Å². The number of furan rings is 1. The van der Waals surface area contributed by atoms with Gasteiger partial charge in [0.15, 0.2) is 5.76 Å². The second kappa shape index (κ2) is 10.2. The first kappa shape index (κ1) is 24.7. The second-order valence-electron chi connectivity index (χ2n) is 9.83. The number of nitrogens with zero attached hydrogens (tertiary/aromatic N) is 3. The Kier molecular flexibility index (Phi) is 6.96. The van der Waals surface area contributed by atoms with E-state index in [0.29, 0.717) is 37.4 Å². The molecular weight excluding hydrogens is 473 g/mol. The summed E-state index contributed by atoms with van der Waals surface area (Å²) in [5.74, 6) is -0.772. The van der Waals surface area contributed by atoms with Crippen molar-refractivity contribution in [3.8, 4) is 0 Å². The van der Waals surface area contributed by atoms with Crippen molar-refractivity contribution in [3.63, 3.8) is 0 Å². The van der Waals surface area contributed by atoms with E-state index < -0.39 is 17.7 Å². The van der Waals surface area contributed by atoms with E-state index in [-0.39, 0.29) is 30.0 Å². The molecule has 3 aliphatic heterocycles. The number of hydrogen-bond acceptors (Lipinski definition) is 5. The number of alkyl halides is 3. The van der Waals surface area contributed by atoms with Crippen LogP contribution < -0.4 is 10.2 Å². The lowest BCUT2D eigenvalue weighted by Crippen LogP contribution is -2.62. The van der Waals surface area contributed by atoms with Crippen molar-refractivity contribution in [2.24, 2.45) is 5.92 Å². The van der Waals surface area contributed by atoms with Gasteiger partial charge in [-0.25, -0.2) is 0 Å². The van der Waals surface area contributed by atoms with E-state index in [1.165, 1.54) is 24.8 Å². The summed E-state index contributed by atoms with van der Waals surface area (Å²) >= 11 is 0. The number of amides is 2. The van der Waals surface area contributed by atoms with Crippen molar-refractivity contribution in [2.75, 3.05) is 50.7 Å². The zero-order valence-corrected chi connectivity index (χ0v) is 20.1. The molecule has 2 fully saturated rings. The Morgan fingerprint density at radius 2 is 1.86 bits per heavy atom. The Hall–Kier alpha value is -3.01. The third-order valence-corrected chi connectivity index (χ3v) is 7.57. The standard InChI is InChI=1S/C26H31F3N4O3/c27-26(28,29)19-6-7-21-18(15-19)16-20(24(34)30-8-11-31-9-2-1-3-10-31)22-17-32(12-13-33(21)22)25(35)23-5-4-14-36-23/h4-7,14-15,20,22H,1-3,8-13,16-17H2,(H,30,34)/t20-,22+/m1/s1. The van der Waals surface area contributed by atoms with Crippen molar-refractivity contribution in [3.05, 3.63) is 53.5 Å². The molecule has 0 radical (unpaired) electrons. The first-order chi connectivity index (χ1) is 17.3. The summed E-state index contributed by atoms with van der Waals surface area (Å²) in [6, 6.07) is 6.68. The summed E-state index contributed by atoms with van der Waals surface area (Å²) in [4.78, 5) is 32.3. The average Bonchev–Trinajstić information content (AvgIpc) is 3.42. The van der Waals surface area contributed by atoms with Crippen LogP contribution >= 0.6 is 0 Å². The average molecular weight is 505 g/mol. The van der Waals surface area contributed by atoms with Crippen LogP contribution in [0.3, 0.4) is 0 Å². The van der Waals surface area contributed by atoms with E-state index in [9.17, 15) is 22.8 Å². The van der Waals surface area contributed by atoms with Crippen molar-refractivity contribution >= 4 is 17.5 Å². The van der Waals surface area contributed by atoms with Gasteiger partial charge in [0.2, 0.25) is 5.91 Å². The monoisotopic (exact) mass is 504 g/mol. The maximum absolute atomic E-state index is 13.4. The normalized spacial score (nSPS) is 22.6. The van der Waals surface area contributed by atoms with Crippen LogP contribution in [0.2, 0.25) is 0 Å². The molecule has 1 N–H and O–H groups in total. The lowest BCUT2D eigenvalue weighted by Gasteiger charge is -2.49. The lowest BCUT2D eigenvalue weighted by molar-refractivity contribution is -0.137. The highest BCUT2D eigenvalue weighted by Gasteiger charge is 2.43. The van der Waals surface area contributed by atoms with Crippen LogP contribution in [-0.2, 0) is 17.4 Å². The van der Waals surface area contributed by atoms with E-state index in [1.807, 2.05) is 4.90 Å². The van der Waals surface area contributed by atoms with Gasteiger partial charge in [-0.2, -0.15) is 13.2 Å². The number of likely N-dealkylation sites (tertiary alicyclic amines) is 1. The number of carbonyl (C=O) groups excluding carboxylic acids is 2. The molecule has 194 valence electrons. The third kappa shape index (κ3) is 5.09. The molecule has 10 heteroatoms. The van der Waals surface area contributed by atoms with Crippen LogP contribution in [-0.4, -0.2) is 73.5 Å². The molecule has 3 aliphatic rings. The zero-order chi connectivity index (χ0) is 25.3. The minimum absolute atomic E-state index is 0.183. The highest BCUT2D eigenvalue weighted by Crippen LogP contribution is 2.40. The number of rotatable bonds is 5. The van der Waals surface area contributed by atoms with Gasteiger partial charge in [0.05, 0.1) is 23.8 Å². The highest BCUT2D eigenvalue weighted by atomic mass is 19.4. The number of carbonyl (C=O) groups is 2. The molecule has 0 aliphatic carbocycles. The van der Waals surface area contributed by atoms with Gasteiger partial charge < -0.3 is 24.4 Å². The van der Waals surface area contributed by atoms with Gasteiger partial charge in [0, 0.05) is 38.4 Å². The first-order valence-corrected chi connectivity index (χ1v) is 12.6. The van der Waals surface area contributed by atoms with Crippen LogP contribution in [0.5, 0.6) is 0 Å². The molecule has 2 saturated heterocycles. The summed E-state index contributed by atoms with van der Waals surface area (Å²) in [5, 5.41) is 3.03. The number of halogens is 3. The molecule has 0 saturated carbocycles. The maximum atomic E-state index is 13.4. The van der Waals surface area contributed by atoms with Crippen LogP contribution in [0.25, 0.3) is 0 Å². The minimum atomic E-state index is -4.45. The fourth-order valence-corrected chi connectivity index (χ4v) is 5.69. The molecule has 2 amide bonds. The summed E-state index contributed by atoms with van der Waals surface area (Å²) in [5.41, 5.74) is 0.508. The highest BCUT2D eigenvalue weighted by molar-refractivity contribution is 5.92. The van der Waals surface area contributed by atoms with Gasteiger partial charge in [-0.3, -0.25) is 9.59 Å². The van der Waals surface area contributed by atoms with Crippen molar-refractivity contribution in [1.82, 2.24) is 15.1 Å². The van der Waals surface area contributed by atoms with E-state index in [2.05, 4.69) is 10.2 Å². The molecule has 7 nitrogen and oxygen atoms in total. The smallest absolute Gasteiger partial charge is 0.416 e. The predicted octanol–water partition coefficient (Wildman–Crippen LogP) is 3.40. The molecule has 0 spiro atoms. The molecule has 2 aromatic rings. The van der Waals surface area contributed by atoms with Gasteiger partial charge in [-0.1, -0.05) is 6.42 Å². The van der Waals surface area contributed by atoms with Crippen LogP contribution in [0, 0.1) is 5.92 Å². The number of piperidine rings is 1. The summed E-state index contributed by atoms with van der Waals surface area (Å²) in [7, 11) is 0. The Labute approximate surface area is 208 Å². The Bertz CT molecular complexity index is 1080. The van der Waals surface area contributed by atoms with E-state index in [0.717, 1.165) is 38.5 Å². The largest absolute Gasteiger partial charge is 0.459 e. The topological polar surface area (TPSA) is 69.0 Å². The Morgan fingerprint density at radius 1 is 1.06 bits per heavy atom. The predicted molar refractivity (Wildman–Crippen MR) is 128 cm³/mol. The fraction of sp³-hybridized carbons (Fsp3) is 0.538. The van der Waals surface area contributed by atoms with Crippen LogP contribution in [0.1, 0.15) is 40.9 Å². The summed E-state index contributed by atoms with van der Waals surface area (Å²) in [6.45, 7) is 4.40. The first-order valence-electron chi connectivity index (χ1n) is 12.6. The number of benzene rings is 1. The summed E-state index contributed by atoms with van der Waals surface area (Å²) < 4.78 is 45.5. The molecule has 1 aromatic heterocycles. The number of piperazine rings is 1. The number of hydrogen-bond donors (Lipinski definition) is 1. The number of nitrogens with one attached hydrogen (secondary N) is 1.